The fourth-order valence-corrected chi connectivity index (χ4v) is 1.45. The second kappa shape index (κ2) is 6.93. The molecule has 0 aromatic carbocycles. The number of unbranched alkanes of at least 4 members (excludes halogenated alkanes) is 1. The summed E-state index contributed by atoms with van der Waals surface area (Å²) in [5.74, 6) is 0.441. The summed E-state index contributed by atoms with van der Waals surface area (Å²) in [5.41, 5.74) is 0. The normalized spacial score (nSPS) is 13.2. The minimum absolute atomic E-state index is 0.321. The Bertz CT molecular complexity index is 141. The van der Waals surface area contributed by atoms with Gasteiger partial charge in [0.05, 0.1) is 0 Å². The van der Waals surface area contributed by atoms with Gasteiger partial charge in [-0.3, -0.25) is 4.79 Å². The number of rotatable bonds is 7. The molecule has 1 atom stereocenters. The largest absolute Gasteiger partial charge is 0.481 e. The van der Waals surface area contributed by atoms with Crippen LogP contribution < -0.4 is 0 Å². The number of hydrogen-bond donors (Lipinski definition) is 1. The van der Waals surface area contributed by atoms with Gasteiger partial charge >= 0.3 is 5.97 Å². The van der Waals surface area contributed by atoms with Gasteiger partial charge in [0.1, 0.15) is 0 Å². The Morgan fingerprint density at radius 3 is 2.15 bits per heavy atom. The van der Waals surface area contributed by atoms with Gasteiger partial charge in [0.15, 0.2) is 0 Å². The molecule has 0 bridgehead atoms. The van der Waals surface area contributed by atoms with Crippen LogP contribution >= 0.6 is 0 Å². The van der Waals surface area contributed by atoms with Gasteiger partial charge in [0.2, 0.25) is 0 Å². The molecular formula is C11H22O2. The molecule has 0 aliphatic heterocycles. The summed E-state index contributed by atoms with van der Waals surface area (Å²) in [6.45, 7) is 6.46. The molecule has 1 unspecified atom stereocenters. The Balaban J connectivity index is 3.26. The molecule has 2 nitrogen and oxygen atoms in total. The summed E-state index contributed by atoms with van der Waals surface area (Å²) in [6.07, 6.45) is 5.05. The molecule has 0 aromatic heterocycles. The van der Waals surface area contributed by atoms with Crippen LogP contribution in [0.2, 0.25) is 0 Å². The van der Waals surface area contributed by atoms with E-state index in [0.717, 1.165) is 12.3 Å². The van der Waals surface area contributed by atoms with Gasteiger partial charge in [0.25, 0.3) is 0 Å². The van der Waals surface area contributed by atoms with Gasteiger partial charge in [-0.05, 0) is 11.8 Å². The second-order valence-electron chi connectivity index (χ2n) is 4.38. The maximum atomic E-state index is 10.4. The van der Waals surface area contributed by atoms with Crippen molar-refractivity contribution in [3.05, 3.63) is 0 Å². The van der Waals surface area contributed by atoms with E-state index in [2.05, 4.69) is 13.8 Å². The number of aliphatic carboxylic acids is 1. The van der Waals surface area contributed by atoms with E-state index in [1.54, 1.807) is 0 Å². The van der Waals surface area contributed by atoms with Gasteiger partial charge in [-0.15, -0.1) is 0 Å². The van der Waals surface area contributed by atoms with Gasteiger partial charge in [0, 0.05) is 6.42 Å². The van der Waals surface area contributed by atoms with Crippen LogP contribution in [0.3, 0.4) is 0 Å². The highest BCUT2D eigenvalue weighted by Crippen LogP contribution is 2.14. The van der Waals surface area contributed by atoms with Crippen LogP contribution in [0.15, 0.2) is 0 Å². The van der Waals surface area contributed by atoms with Crippen molar-refractivity contribution in [3.63, 3.8) is 0 Å². The Kier molecular flexibility index (Phi) is 6.65. The number of hydrogen-bond acceptors (Lipinski definition) is 1. The molecule has 0 fully saturated rings. The molecule has 13 heavy (non-hydrogen) atoms. The predicted molar refractivity (Wildman–Crippen MR) is 54.7 cm³/mol. The lowest BCUT2D eigenvalue weighted by molar-refractivity contribution is -0.138. The van der Waals surface area contributed by atoms with Gasteiger partial charge < -0.3 is 5.11 Å². The lowest BCUT2D eigenvalue weighted by Crippen LogP contribution is -2.04. The van der Waals surface area contributed by atoms with Crippen molar-refractivity contribution in [2.45, 2.75) is 52.9 Å². The SMILES string of the molecule is CC(C)CCCCC(C)CC(=O)O. The van der Waals surface area contributed by atoms with Gasteiger partial charge in [-0.1, -0.05) is 46.5 Å². The van der Waals surface area contributed by atoms with Crippen LogP contribution in [0.4, 0.5) is 0 Å². The van der Waals surface area contributed by atoms with Crippen molar-refractivity contribution in [1.82, 2.24) is 0 Å². The first-order chi connectivity index (χ1) is 6.02. The van der Waals surface area contributed by atoms with Crippen LogP contribution in [0.1, 0.15) is 52.9 Å². The maximum absolute atomic E-state index is 10.4. The van der Waals surface area contributed by atoms with E-state index in [1.165, 1.54) is 19.3 Å². The quantitative estimate of drug-likeness (QED) is 0.619. The van der Waals surface area contributed by atoms with Crippen molar-refractivity contribution < 1.29 is 9.90 Å². The summed E-state index contributed by atoms with van der Waals surface area (Å²) < 4.78 is 0. The van der Waals surface area contributed by atoms with E-state index in [9.17, 15) is 4.79 Å². The smallest absolute Gasteiger partial charge is 0.303 e. The fraction of sp³-hybridized carbons (Fsp3) is 0.909. The highest BCUT2D eigenvalue weighted by atomic mass is 16.4. The molecule has 0 saturated heterocycles. The first kappa shape index (κ1) is 12.5. The molecule has 0 rings (SSSR count). The average Bonchev–Trinajstić information content (AvgIpc) is 1.96. The van der Waals surface area contributed by atoms with Gasteiger partial charge in [-0.2, -0.15) is 0 Å². The first-order valence-electron chi connectivity index (χ1n) is 5.24. The number of carboxylic acid groups (broad SMARTS) is 1. The standard InChI is InChI=1S/C11H22O2/c1-9(2)6-4-5-7-10(3)8-11(12)13/h9-10H,4-8H2,1-3H3,(H,12,13). The molecular weight excluding hydrogens is 164 g/mol. The highest BCUT2D eigenvalue weighted by Gasteiger charge is 2.06. The minimum Gasteiger partial charge on any atom is -0.481 e. The molecule has 0 spiro atoms. The molecule has 0 amide bonds. The first-order valence-corrected chi connectivity index (χ1v) is 5.24. The maximum Gasteiger partial charge on any atom is 0.303 e. The molecule has 0 heterocycles. The Hall–Kier alpha value is -0.530. The van der Waals surface area contributed by atoms with E-state index in [0.29, 0.717) is 12.3 Å². The zero-order valence-electron chi connectivity index (χ0n) is 9.05. The molecule has 0 radical (unpaired) electrons. The Morgan fingerprint density at radius 2 is 1.69 bits per heavy atom. The number of carbonyl (C=O) groups is 1. The Labute approximate surface area is 81.3 Å². The van der Waals surface area contributed by atoms with Crippen LogP contribution in [0, 0.1) is 11.8 Å². The lowest BCUT2D eigenvalue weighted by atomic mass is 9.98. The second-order valence-corrected chi connectivity index (χ2v) is 4.38. The molecule has 0 aliphatic rings. The predicted octanol–water partition coefficient (Wildman–Crippen LogP) is 3.31. The summed E-state index contributed by atoms with van der Waals surface area (Å²) >= 11 is 0. The van der Waals surface area contributed by atoms with E-state index in [4.69, 9.17) is 5.11 Å². The lowest BCUT2D eigenvalue weighted by Gasteiger charge is -2.08. The van der Waals surface area contributed by atoms with E-state index in [-0.39, 0.29) is 0 Å². The fourth-order valence-electron chi connectivity index (χ4n) is 1.45. The molecule has 0 saturated carbocycles. The van der Waals surface area contributed by atoms with Crippen molar-refractivity contribution in [3.8, 4) is 0 Å². The summed E-state index contributed by atoms with van der Waals surface area (Å²) in [4.78, 5) is 10.4. The van der Waals surface area contributed by atoms with Crippen LogP contribution in [-0.4, -0.2) is 11.1 Å². The third kappa shape index (κ3) is 9.38. The van der Waals surface area contributed by atoms with E-state index < -0.39 is 5.97 Å². The van der Waals surface area contributed by atoms with Crippen molar-refractivity contribution >= 4 is 5.97 Å². The molecule has 78 valence electrons. The van der Waals surface area contributed by atoms with Crippen molar-refractivity contribution in [1.29, 1.82) is 0 Å². The third-order valence-electron chi connectivity index (χ3n) is 2.25. The zero-order chi connectivity index (χ0) is 10.3. The van der Waals surface area contributed by atoms with Crippen molar-refractivity contribution in [2.24, 2.45) is 11.8 Å². The zero-order valence-corrected chi connectivity index (χ0v) is 9.05. The van der Waals surface area contributed by atoms with E-state index in [1.807, 2.05) is 6.92 Å². The van der Waals surface area contributed by atoms with Crippen molar-refractivity contribution in [2.75, 3.05) is 0 Å². The molecule has 2 heteroatoms. The Morgan fingerprint density at radius 1 is 1.15 bits per heavy atom. The average molecular weight is 186 g/mol. The monoisotopic (exact) mass is 186 g/mol. The van der Waals surface area contributed by atoms with Crippen LogP contribution in [0.25, 0.3) is 0 Å². The molecule has 0 aliphatic carbocycles. The minimum atomic E-state index is -0.670. The molecule has 0 aromatic rings. The summed E-state index contributed by atoms with van der Waals surface area (Å²) in [5, 5.41) is 8.53. The topological polar surface area (TPSA) is 37.3 Å². The summed E-state index contributed by atoms with van der Waals surface area (Å²) in [6, 6.07) is 0. The number of carboxylic acids is 1. The van der Waals surface area contributed by atoms with Crippen LogP contribution in [-0.2, 0) is 4.79 Å². The highest BCUT2D eigenvalue weighted by molar-refractivity contribution is 5.66. The summed E-state index contributed by atoms with van der Waals surface area (Å²) in [7, 11) is 0. The van der Waals surface area contributed by atoms with Crippen LogP contribution in [0.5, 0.6) is 0 Å². The molecule has 1 N–H and O–H groups in total. The van der Waals surface area contributed by atoms with E-state index >= 15 is 0 Å². The third-order valence-corrected chi connectivity index (χ3v) is 2.25. The van der Waals surface area contributed by atoms with Gasteiger partial charge in [-0.25, -0.2) is 0 Å².